The van der Waals surface area contributed by atoms with Crippen molar-refractivity contribution < 1.29 is 49.0 Å². The van der Waals surface area contributed by atoms with E-state index in [1.54, 1.807) is 0 Å². The van der Waals surface area contributed by atoms with E-state index in [1.165, 1.54) is 0 Å². The predicted octanol–water partition coefficient (Wildman–Crippen LogP) is 7.53. The third kappa shape index (κ3) is 5.97. The van der Waals surface area contributed by atoms with E-state index in [9.17, 15) is 44.6 Å². The average molecular weight is 514 g/mol. The Morgan fingerprint density at radius 1 is 0.765 bits per heavy atom. The summed E-state index contributed by atoms with van der Waals surface area (Å²) in [6.45, 7) is -0.843. The van der Waals surface area contributed by atoms with Gasteiger partial charge in [-0.1, -0.05) is 0 Å². The van der Waals surface area contributed by atoms with Gasteiger partial charge in [0.05, 0.1) is 11.8 Å². The van der Waals surface area contributed by atoms with Crippen LogP contribution < -0.4 is 0 Å². The van der Waals surface area contributed by atoms with Crippen LogP contribution in [0.5, 0.6) is 0 Å². The highest BCUT2D eigenvalue weighted by molar-refractivity contribution is 5.02. The molecule has 3 saturated carbocycles. The van der Waals surface area contributed by atoms with Gasteiger partial charge in [-0.25, -0.2) is 17.6 Å². The van der Waals surface area contributed by atoms with Crippen LogP contribution in [-0.2, 0) is 0 Å². The molecule has 3 aliphatic rings. The van der Waals surface area contributed by atoms with E-state index in [4.69, 9.17) is 0 Å². The molecule has 1 nitrogen and oxygen atoms in total. The quantitative estimate of drug-likeness (QED) is 0.376. The van der Waals surface area contributed by atoms with Crippen LogP contribution in [0.3, 0.4) is 0 Å². The molecule has 0 amide bonds. The van der Waals surface area contributed by atoms with Crippen LogP contribution in [-0.4, -0.2) is 42.8 Å². The molecule has 0 spiro atoms. The summed E-state index contributed by atoms with van der Waals surface area (Å²) in [7, 11) is 0. The molecule has 1 N–H and O–H groups in total. The summed E-state index contributed by atoms with van der Waals surface area (Å²) in [6, 6.07) is 0. The maximum atomic E-state index is 16.0. The number of aliphatic hydroxyl groups excluding tert-OH is 1. The molecule has 0 aromatic heterocycles. The Hall–Kier alpha value is -0.740. The molecule has 0 bridgehead atoms. The minimum absolute atomic E-state index is 0.0235. The van der Waals surface area contributed by atoms with E-state index in [0.29, 0.717) is 0 Å². The van der Waals surface area contributed by atoms with E-state index in [1.807, 2.05) is 0 Å². The summed E-state index contributed by atoms with van der Waals surface area (Å²) >= 11 is 0. The summed E-state index contributed by atoms with van der Waals surface area (Å²) in [5, 5.41) is 9.95. The van der Waals surface area contributed by atoms with Gasteiger partial charge in [-0.15, -0.1) is 0 Å². The minimum Gasteiger partial charge on any atom is -0.396 e. The van der Waals surface area contributed by atoms with E-state index >= 15 is 4.39 Å². The smallest absolute Gasteiger partial charge is 0.392 e. The van der Waals surface area contributed by atoms with Crippen LogP contribution in [0, 0.1) is 47.3 Å². The van der Waals surface area contributed by atoms with Crippen LogP contribution in [0.25, 0.3) is 0 Å². The van der Waals surface area contributed by atoms with E-state index < -0.39 is 104 Å². The zero-order valence-electron chi connectivity index (χ0n) is 18.6. The third-order valence-corrected chi connectivity index (χ3v) is 8.73. The van der Waals surface area contributed by atoms with Gasteiger partial charge < -0.3 is 5.11 Å². The second-order valence-corrected chi connectivity index (χ2v) is 10.5. The normalized spacial score (nSPS) is 41.5. The lowest BCUT2D eigenvalue weighted by atomic mass is 9.53. The standard InChI is InChI=1S/C23H32F10O/c24-14-7-3-11(4-8-14)18-16(10-34)15(21(26)27)9-17(23(31,32)33)19(18)20(25)12-1-5-13(6-2-12)22(28,29)30/h11-21,34H,1-10H2. The Kier molecular flexibility index (Phi) is 8.77. The van der Waals surface area contributed by atoms with Gasteiger partial charge in [0.15, 0.2) is 0 Å². The maximum absolute atomic E-state index is 16.0. The van der Waals surface area contributed by atoms with Gasteiger partial charge in [0.25, 0.3) is 0 Å². The summed E-state index contributed by atoms with van der Waals surface area (Å²) in [5.74, 6) is -11.8. The van der Waals surface area contributed by atoms with Crippen LogP contribution in [0.4, 0.5) is 43.9 Å². The highest BCUT2D eigenvalue weighted by Gasteiger charge is 2.60. The molecular formula is C23H32F10O. The Labute approximate surface area is 192 Å². The number of aliphatic hydroxyl groups is 1. The highest BCUT2D eigenvalue weighted by Crippen LogP contribution is 2.58. The Balaban J connectivity index is 1.94. The zero-order valence-corrected chi connectivity index (χ0v) is 18.6. The molecule has 6 unspecified atom stereocenters. The Morgan fingerprint density at radius 3 is 1.76 bits per heavy atom. The minimum atomic E-state index is -4.98. The van der Waals surface area contributed by atoms with Crippen LogP contribution in [0.2, 0.25) is 0 Å². The Bertz CT molecular complexity index is 635. The molecule has 3 fully saturated rings. The van der Waals surface area contributed by atoms with Crippen molar-refractivity contribution in [2.24, 2.45) is 47.3 Å². The van der Waals surface area contributed by atoms with Crippen molar-refractivity contribution in [2.75, 3.05) is 6.61 Å². The van der Waals surface area contributed by atoms with Gasteiger partial charge in [0.1, 0.15) is 12.3 Å². The van der Waals surface area contributed by atoms with Gasteiger partial charge in [0, 0.05) is 18.4 Å². The molecule has 0 saturated heterocycles. The molecule has 200 valence electrons. The van der Waals surface area contributed by atoms with Gasteiger partial charge >= 0.3 is 12.4 Å². The third-order valence-electron chi connectivity index (χ3n) is 8.73. The summed E-state index contributed by atoms with van der Waals surface area (Å²) in [6.07, 6.45) is -17.9. The first-order valence-corrected chi connectivity index (χ1v) is 12.1. The molecule has 3 rings (SSSR count). The lowest BCUT2D eigenvalue weighted by Gasteiger charge is -2.53. The van der Waals surface area contributed by atoms with E-state index in [2.05, 4.69) is 0 Å². The van der Waals surface area contributed by atoms with Crippen molar-refractivity contribution in [1.29, 1.82) is 0 Å². The maximum Gasteiger partial charge on any atom is 0.392 e. The molecule has 0 heterocycles. The fourth-order valence-electron chi connectivity index (χ4n) is 7.00. The SMILES string of the molecule is OCC1C(C(F)F)CC(C(F)(F)F)C(C(F)C2CCC(C(F)(F)F)CC2)C1C1CCC(F)CC1. The molecule has 34 heavy (non-hydrogen) atoms. The lowest BCUT2D eigenvalue weighted by molar-refractivity contribution is -0.242. The van der Waals surface area contributed by atoms with Gasteiger partial charge in [0.2, 0.25) is 6.43 Å². The van der Waals surface area contributed by atoms with Gasteiger partial charge in [-0.2, -0.15) is 26.3 Å². The number of hydrogen-bond acceptors (Lipinski definition) is 1. The first kappa shape index (κ1) is 27.8. The Morgan fingerprint density at radius 2 is 1.32 bits per heavy atom. The van der Waals surface area contributed by atoms with Crippen molar-refractivity contribution in [2.45, 2.75) is 88.9 Å². The number of alkyl halides is 10. The molecule has 0 aromatic carbocycles. The van der Waals surface area contributed by atoms with Crippen LogP contribution >= 0.6 is 0 Å². The topological polar surface area (TPSA) is 20.2 Å². The van der Waals surface area contributed by atoms with Crippen LogP contribution in [0.15, 0.2) is 0 Å². The fourth-order valence-corrected chi connectivity index (χ4v) is 7.00. The summed E-state index contributed by atoms with van der Waals surface area (Å²) in [4.78, 5) is 0. The van der Waals surface area contributed by atoms with Crippen molar-refractivity contribution in [3.63, 3.8) is 0 Å². The van der Waals surface area contributed by atoms with E-state index in [-0.39, 0.29) is 38.5 Å². The van der Waals surface area contributed by atoms with Crippen molar-refractivity contribution in [1.82, 2.24) is 0 Å². The average Bonchev–Trinajstić information content (AvgIpc) is 2.76. The molecule has 6 atom stereocenters. The van der Waals surface area contributed by atoms with Crippen molar-refractivity contribution in [3.8, 4) is 0 Å². The molecular weight excluding hydrogens is 482 g/mol. The molecule has 11 heteroatoms. The zero-order chi connectivity index (χ0) is 25.4. The molecule has 3 aliphatic carbocycles. The molecule has 0 aliphatic heterocycles. The van der Waals surface area contributed by atoms with Gasteiger partial charge in [-0.3, -0.25) is 0 Å². The van der Waals surface area contributed by atoms with Crippen LogP contribution in [0.1, 0.15) is 57.8 Å². The first-order valence-electron chi connectivity index (χ1n) is 12.1. The second-order valence-electron chi connectivity index (χ2n) is 10.5. The number of rotatable bonds is 5. The largest absolute Gasteiger partial charge is 0.396 e. The predicted molar refractivity (Wildman–Crippen MR) is 104 cm³/mol. The van der Waals surface area contributed by atoms with Crippen molar-refractivity contribution >= 4 is 0 Å². The molecule has 0 aromatic rings. The van der Waals surface area contributed by atoms with Gasteiger partial charge in [-0.05, 0) is 81.5 Å². The second kappa shape index (κ2) is 10.7. The van der Waals surface area contributed by atoms with E-state index in [0.717, 1.165) is 0 Å². The number of hydrogen-bond donors (Lipinski definition) is 1. The summed E-state index contributed by atoms with van der Waals surface area (Å²) < 4.78 is 139. The summed E-state index contributed by atoms with van der Waals surface area (Å²) in [5.41, 5.74) is 0. The number of halogens is 10. The monoisotopic (exact) mass is 514 g/mol. The molecule has 0 radical (unpaired) electrons. The fraction of sp³-hybridized carbons (Fsp3) is 1.00. The first-order chi connectivity index (χ1) is 15.8. The highest BCUT2D eigenvalue weighted by atomic mass is 19.4. The van der Waals surface area contributed by atoms with Crippen molar-refractivity contribution in [3.05, 3.63) is 0 Å². The lowest BCUT2D eigenvalue weighted by Crippen LogP contribution is -2.55.